The Balaban J connectivity index is 0.000000410. The van der Waals surface area contributed by atoms with Crippen LogP contribution in [-0.2, 0) is 29.2 Å². The summed E-state index contributed by atoms with van der Waals surface area (Å²) in [5, 5.41) is 22.4. The number of likely N-dealkylation sites (N-methyl/N-ethyl adjacent to an activating group) is 1. The molecule has 3 N–H and O–H groups in total. The number of carbonyl (C=O) groups is 3. The highest BCUT2D eigenvalue weighted by Crippen LogP contribution is 2.35. The summed E-state index contributed by atoms with van der Waals surface area (Å²) in [4.78, 5) is 35.8. The van der Waals surface area contributed by atoms with Gasteiger partial charge in [-0.2, -0.15) is 26.3 Å². The number of halogens is 7. The van der Waals surface area contributed by atoms with Crippen molar-refractivity contribution < 1.29 is 59.8 Å². The molecule has 0 radical (unpaired) electrons. The molecule has 6 rings (SSSR count). The minimum atomic E-state index is -5.19. The Bertz CT molecular complexity index is 1800. The van der Waals surface area contributed by atoms with Crippen LogP contribution in [0.15, 0.2) is 66.7 Å². The predicted molar refractivity (Wildman–Crippen MR) is 187 cm³/mol. The summed E-state index contributed by atoms with van der Waals surface area (Å²) < 4.78 is 79.4. The van der Waals surface area contributed by atoms with Crippen LogP contribution in [0.4, 0.5) is 30.7 Å². The Morgan fingerprint density at radius 2 is 1.55 bits per heavy atom. The van der Waals surface area contributed by atoms with Crippen molar-refractivity contribution in [3.05, 3.63) is 94.8 Å². The molecule has 2 bridgehead atoms. The van der Waals surface area contributed by atoms with Crippen molar-refractivity contribution in [2.45, 2.75) is 63.5 Å². The number of likely N-dealkylation sites (tertiary alicyclic amines) is 2. The Hall–Kier alpha value is -4.58. The first-order chi connectivity index (χ1) is 25.6. The average Bonchev–Trinajstić information content (AvgIpc) is 3.63. The van der Waals surface area contributed by atoms with Crippen LogP contribution in [0.3, 0.4) is 0 Å². The molecule has 3 atom stereocenters. The van der Waals surface area contributed by atoms with Gasteiger partial charge in [0.1, 0.15) is 17.8 Å². The average molecular weight is 784 g/mol. The Kier molecular flexibility index (Phi) is 14.1. The molecule has 3 aliphatic heterocycles. The maximum absolute atomic E-state index is 15.0. The molecule has 0 spiro atoms. The number of amides is 1. The highest BCUT2D eigenvalue weighted by Gasteiger charge is 2.50. The molecular weight excluding hydrogens is 739 g/mol. The van der Waals surface area contributed by atoms with Crippen LogP contribution in [0.1, 0.15) is 40.4 Å². The van der Waals surface area contributed by atoms with Gasteiger partial charge in [-0.05, 0) is 59.5 Å². The van der Waals surface area contributed by atoms with Gasteiger partial charge in [0, 0.05) is 62.9 Å². The topological polar surface area (TPSA) is 125 Å². The number of hydrogen-bond donors (Lipinski definition) is 3. The number of fused-ring (bicyclic) bond motifs is 2. The highest BCUT2D eigenvalue weighted by molar-refractivity contribution is 5.94. The van der Waals surface area contributed by atoms with Crippen LogP contribution in [0.25, 0.3) is 11.1 Å². The summed E-state index contributed by atoms with van der Waals surface area (Å²) in [5.41, 5.74) is 5.33. The van der Waals surface area contributed by atoms with E-state index in [0.717, 1.165) is 54.9 Å². The highest BCUT2D eigenvalue weighted by atomic mass is 19.4. The van der Waals surface area contributed by atoms with E-state index in [4.69, 9.17) is 19.8 Å². The molecule has 3 saturated heterocycles. The number of nitrogens with one attached hydrogen (secondary N) is 2. The Labute approximate surface area is 314 Å². The second-order valence-electron chi connectivity index (χ2n) is 14.5. The van der Waals surface area contributed by atoms with Gasteiger partial charge in [-0.3, -0.25) is 14.6 Å². The van der Waals surface area contributed by atoms with E-state index < -0.39 is 24.3 Å². The van der Waals surface area contributed by atoms with Gasteiger partial charge in [0.25, 0.3) is 5.91 Å². The number of carboxylic acid groups (broad SMARTS) is 2. The molecular formula is C38H44F7N5O5. The maximum Gasteiger partial charge on any atom is 0.490 e. The third-order valence-corrected chi connectivity index (χ3v) is 9.81. The molecule has 3 aromatic carbocycles. The zero-order valence-corrected chi connectivity index (χ0v) is 30.5. The van der Waals surface area contributed by atoms with Crippen molar-refractivity contribution in [1.29, 1.82) is 0 Å². The number of carboxylic acids is 2. The van der Waals surface area contributed by atoms with E-state index in [2.05, 4.69) is 59.7 Å². The number of rotatable bonds is 8. The van der Waals surface area contributed by atoms with Crippen molar-refractivity contribution in [1.82, 2.24) is 20.4 Å². The third-order valence-electron chi connectivity index (χ3n) is 9.81. The van der Waals surface area contributed by atoms with Gasteiger partial charge in [0.2, 0.25) is 0 Å². The number of quaternary nitrogens is 1. The number of carbonyl (C=O) groups excluding carboxylic acids is 2. The van der Waals surface area contributed by atoms with E-state index in [1.807, 2.05) is 36.4 Å². The van der Waals surface area contributed by atoms with E-state index in [9.17, 15) is 35.5 Å². The largest absolute Gasteiger partial charge is 0.542 e. The fourth-order valence-corrected chi connectivity index (χ4v) is 7.02. The zero-order chi connectivity index (χ0) is 40.7. The minimum absolute atomic E-state index is 0.106. The summed E-state index contributed by atoms with van der Waals surface area (Å²) in [6.45, 7) is 9.62. The van der Waals surface area contributed by atoms with E-state index in [1.165, 1.54) is 30.2 Å². The Morgan fingerprint density at radius 3 is 2.11 bits per heavy atom. The van der Waals surface area contributed by atoms with E-state index in [1.54, 1.807) is 6.07 Å². The number of hydrogen-bond acceptors (Lipinski definition) is 7. The molecule has 3 heterocycles. The van der Waals surface area contributed by atoms with Gasteiger partial charge in [-0.1, -0.05) is 36.4 Å². The summed E-state index contributed by atoms with van der Waals surface area (Å²) in [5.74, 6) is -6.12. The van der Waals surface area contributed by atoms with Gasteiger partial charge in [0.05, 0.1) is 33.2 Å². The van der Waals surface area contributed by atoms with Gasteiger partial charge in [0.15, 0.2) is 0 Å². The third kappa shape index (κ3) is 12.5. The molecule has 10 nitrogen and oxygen atoms in total. The van der Waals surface area contributed by atoms with E-state index in [-0.39, 0.29) is 11.7 Å². The summed E-state index contributed by atoms with van der Waals surface area (Å²) in [6.07, 6.45) is -9.01. The minimum Gasteiger partial charge on any atom is -0.542 e. The smallest absolute Gasteiger partial charge is 0.490 e. The van der Waals surface area contributed by atoms with Crippen molar-refractivity contribution in [2.24, 2.45) is 0 Å². The maximum atomic E-state index is 15.0. The summed E-state index contributed by atoms with van der Waals surface area (Å²) >= 11 is 0. The molecule has 3 aliphatic rings. The normalized spacial score (nSPS) is 20.8. The monoisotopic (exact) mass is 783 g/mol. The number of nitrogens with zero attached hydrogens (tertiary/aromatic N) is 3. The second kappa shape index (κ2) is 17.9. The first-order valence-electron chi connectivity index (χ1n) is 17.5. The van der Waals surface area contributed by atoms with Crippen LogP contribution in [0.5, 0.6) is 0 Å². The SMILES string of the molecule is C[C@H]1CN(Cc2cccc(-c3cc(CNC(=O)c4cccc(CN5C[C@@H]6C[C@H]5C[N+]6(C)C)c4)ccc3F)c2)CCN1.O=C(O)C(F)(F)F.O=C([O-])C(F)(F)F. The van der Waals surface area contributed by atoms with Gasteiger partial charge >= 0.3 is 18.3 Å². The fraction of sp³-hybridized carbons (Fsp3) is 0.447. The number of piperazine rings is 2. The van der Waals surface area contributed by atoms with Crippen molar-refractivity contribution in [3.8, 4) is 11.1 Å². The van der Waals surface area contributed by atoms with Crippen molar-refractivity contribution >= 4 is 17.8 Å². The van der Waals surface area contributed by atoms with Crippen LogP contribution < -0.4 is 15.7 Å². The number of alkyl halides is 6. The van der Waals surface area contributed by atoms with Gasteiger partial charge in [-0.15, -0.1) is 0 Å². The van der Waals surface area contributed by atoms with E-state index >= 15 is 0 Å². The van der Waals surface area contributed by atoms with Crippen LogP contribution in [-0.4, -0.2) is 115 Å². The van der Waals surface area contributed by atoms with Crippen molar-refractivity contribution in [2.75, 3.05) is 46.8 Å². The standard InChI is InChI=1S/C34H42FN5O.2C2HF3O2/c1-24-19-38(13-12-36-24)20-26-6-4-8-28(14-26)32-16-25(10-11-33(32)35)18-37-34(41)29-9-5-7-27(15-29)21-39-22-31-17-30(39)23-40(31,2)3;2*3-2(4,5)1(6)7/h4-11,14-16,24,30-31,36H,12-13,17-23H2,1-3H3;2*(H,6,7)/t24-,30-,31-;;/m0../s1. The number of benzene rings is 3. The lowest BCUT2D eigenvalue weighted by molar-refractivity contribution is -0.906. The molecule has 55 heavy (non-hydrogen) atoms. The van der Waals surface area contributed by atoms with E-state index in [0.29, 0.717) is 35.8 Å². The molecule has 3 aromatic rings. The van der Waals surface area contributed by atoms with Crippen LogP contribution in [0, 0.1) is 5.82 Å². The van der Waals surface area contributed by atoms with Crippen molar-refractivity contribution in [3.63, 3.8) is 0 Å². The molecule has 0 aliphatic carbocycles. The van der Waals surface area contributed by atoms with Crippen LogP contribution in [0.2, 0.25) is 0 Å². The Morgan fingerprint density at radius 1 is 0.909 bits per heavy atom. The molecule has 17 heteroatoms. The molecule has 0 unspecified atom stereocenters. The lowest BCUT2D eigenvalue weighted by Crippen LogP contribution is -2.54. The predicted octanol–water partition coefficient (Wildman–Crippen LogP) is 4.18. The molecule has 0 aromatic heterocycles. The zero-order valence-electron chi connectivity index (χ0n) is 30.5. The van der Waals surface area contributed by atoms with Gasteiger partial charge in [-0.25, -0.2) is 9.18 Å². The molecule has 3 fully saturated rings. The molecule has 0 saturated carbocycles. The number of aliphatic carboxylic acids is 2. The first-order valence-corrected chi connectivity index (χ1v) is 17.5. The second-order valence-corrected chi connectivity index (χ2v) is 14.5. The summed E-state index contributed by atoms with van der Waals surface area (Å²) in [7, 11) is 4.67. The fourth-order valence-electron chi connectivity index (χ4n) is 7.02. The molecule has 1 amide bonds. The lowest BCUT2D eigenvalue weighted by Gasteiger charge is -2.38. The summed E-state index contributed by atoms with van der Waals surface area (Å²) in [6, 6.07) is 23.1. The van der Waals surface area contributed by atoms with Gasteiger partial charge < -0.3 is 30.1 Å². The quantitative estimate of drug-likeness (QED) is 0.230. The van der Waals surface area contributed by atoms with Crippen LogP contribution >= 0.6 is 0 Å². The lowest BCUT2D eigenvalue weighted by atomic mass is 10.00. The first kappa shape index (κ1) is 43.2. The molecule has 300 valence electrons.